The van der Waals surface area contributed by atoms with Crippen molar-refractivity contribution in [3.63, 3.8) is 0 Å². The van der Waals surface area contributed by atoms with Gasteiger partial charge in [0, 0.05) is 5.57 Å². The normalized spacial score (nSPS) is 21.3. The molecule has 0 N–H and O–H groups in total. The number of unbranched alkanes of at least 4 members (excludes halogenated alkanes) is 1. The van der Waals surface area contributed by atoms with Gasteiger partial charge in [0.2, 0.25) is 0 Å². The van der Waals surface area contributed by atoms with Crippen molar-refractivity contribution < 1.29 is 19.1 Å². The molecule has 1 rings (SSSR count). The van der Waals surface area contributed by atoms with E-state index in [4.69, 9.17) is 9.47 Å². The molecular weight excluding hydrogens is 256 g/mol. The molecule has 0 bridgehead atoms. The Balaban J connectivity index is 2.06. The fraction of sp³-hybridized carbons (Fsp3) is 0.625. The highest BCUT2D eigenvalue weighted by atomic mass is 16.5. The number of hydrogen-bond acceptors (Lipinski definition) is 4. The van der Waals surface area contributed by atoms with Crippen LogP contribution in [0.15, 0.2) is 24.3 Å². The number of hydrogen-bond donors (Lipinski definition) is 0. The van der Waals surface area contributed by atoms with E-state index in [0.29, 0.717) is 37.5 Å². The fourth-order valence-electron chi connectivity index (χ4n) is 1.93. The van der Waals surface area contributed by atoms with Crippen LogP contribution < -0.4 is 0 Å². The molecule has 0 spiro atoms. The van der Waals surface area contributed by atoms with Crippen LogP contribution in [0.3, 0.4) is 0 Å². The quantitative estimate of drug-likeness (QED) is 0.311. The van der Waals surface area contributed by atoms with Gasteiger partial charge < -0.3 is 9.47 Å². The number of esters is 2. The molecule has 4 nitrogen and oxygen atoms in total. The lowest BCUT2D eigenvalue weighted by Gasteiger charge is -2.18. The lowest BCUT2D eigenvalue weighted by Crippen LogP contribution is -2.20. The predicted octanol–water partition coefficient (Wildman–Crippen LogP) is 3.03. The van der Waals surface area contributed by atoms with Gasteiger partial charge in [-0.15, -0.1) is 0 Å². The van der Waals surface area contributed by atoms with Crippen LogP contribution in [0, 0.1) is 11.8 Å². The van der Waals surface area contributed by atoms with E-state index < -0.39 is 0 Å². The summed E-state index contributed by atoms with van der Waals surface area (Å²) in [4.78, 5) is 22.9. The van der Waals surface area contributed by atoms with Gasteiger partial charge in [0.05, 0.1) is 19.1 Å². The molecule has 0 aromatic rings. The first-order chi connectivity index (χ1) is 9.50. The van der Waals surface area contributed by atoms with Crippen molar-refractivity contribution in [2.45, 2.75) is 39.5 Å². The van der Waals surface area contributed by atoms with Crippen molar-refractivity contribution in [3.8, 4) is 0 Å². The van der Waals surface area contributed by atoms with Gasteiger partial charge in [-0.3, -0.25) is 4.79 Å². The van der Waals surface area contributed by atoms with E-state index in [1.807, 2.05) is 6.08 Å². The van der Waals surface area contributed by atoms with Crippen molar-refractivity contribution in [3.05, 3.63) is 24.3 Å². The topological polar surface area (TPSA) is 52.6 Å². The zero-order chi connectivity index (χ0) is 15.0. The van der Waals surface area contributed by atoms with Gasteiger partial charge in [-0.2, -0.15) is 0 Å². The summed E-state index contributed by atoms with van der Waals surface area (Å²) < 4.78 is 10.2. The van der Waals surface area contributed by atoms with E-state index in [-0.39, 0.29) is 17.9 Å². The fourth-order valence-corrected chi connectivity index (χ4v) is 1.93. The molecule has 0 fully saturated rings. The summed E-state index contributed by atoms with van der Waals surface area (Å²) in [6.45, 7) is 7.97. The molecule has 0 heterocycles. The van der Waals surface area contributed by atoms with Gasteiger partial charge in [-0.1, -0.05) is 25.7 Å². The minimum Gasteiger partial charge on any atom is -0.465 e. The maximum Gasteiger partial charge on any atom is 0.333 e. The van der Waals surface area contributed by atoms with Crippen LogP contribution >= 0.6 is 0 Å². The van der Waals surface area contributed by atoms with Crippen LogP contribution in [-0.2, 0) is 19.1 Å². The summed E-state index contributed by atoms with van der Waals surface area (Å²) in [5, 5.41) is 0. The Morgan fingerprint density at radius 2 is 1.80 bits per heavy atom. The van der Waals surface area contributed by atoms with Gasteiger partial charge in [0.15, 0.2) is 0 Å². The van der Waals surface area contributed by atoms with Crippen molar-refractivity contribution >= 4 is 11.9 Å². The largest absolute Gasteiger partial charge is 0.465 e. The Bertz CT molecular complexity index is 384. The van der Waals surface area contributed by atoms with Gasteiger partial charge in [-0.05, 0) is 38.5 Å². The Labute approximate surface area is 120 Å². The minimum absolute atomic E-state index is 0.0903. The molecule has 4 heteroatoms. The van der Waals surface area contributed by atoms with Gasteiger partial charge in [-0.25, -0.2) is 4.79 Å². The Kier molecular flexibility index (Phi) is 7.05. The molecule has 0 saturated heterocycles. The molecule has 20 heavy (non-hydrogen) atoms. The standard InChI is InChI=1S/C16H24O4/c1-12(2)15(17)19-10-4-5-11-20-16(18)14-8-6-13(3)7-9-14/h6,8,13-14H,1,4-5,7,9-11H2,2-3H3. The van der Waals surface area contributed by atoms with Crippen molar-refractivity contribution in [1.82, 2.24) is 0 Å². The molecule has 0 aromatic carbocycles. The SMILES string of the molecule is C=C(C)C(=O)OCCCCOC(=O)C1C=CC(C)CC1. The first kappa shape index (κ1) is 16.5. The Morgan fingerprint density at radius 3 is 2.35 bits per heavy atom. The maximum absolute atomic E-state index is 11.8. The number of carbonyl (C=O) groups is 2. The average molecular weight is 280 g/mol. The molecule has 0 amide bonds. The number of ether oxygens (including phenoxy) is 2. The molecule has 112 valence electrons. The zero-order valence-corrected chi connectivity index (χ0v) is 12.4. The lowest BCUT2D eigenvalue weighted by molar-refractivity contribution is -0.148. The number of allylic oxidation sites excluding steroid dienone is 1. The minimum atomic E-state index is -0.372. The highest BCUT2D eigenvalue weighted by Gasteiger charge is 2.20. The summed E-state index contributed by atoms with van der Waals surface area (Å²) in [7, 11) is 0. The van der Waals surface area contributed by atoms with Crippen molar-refractivity contribution in [1.29, 1.82) is 0 Å². The van der Waals surface area contributed by atoms with Crippen LogP contribution in [0.1, 0.15) is 39.5 Å². The molecule has 2 unspecified atom stereocenters. The molecule has 1 aliphatic carbocycles. The summed E-state index contributed by atoms with van der Waals surface area (Å²) in [5.41, 5.74) is 0.398. The van der Waals surface area contributed by atoms with E-state index in [2.05, 4.69) is 19.6 Å². The summed E-state index contributed by atoms with van der Waals surface area (Å²) in [6.07, 6.45) is 7.31. The van der Waals surface area contributed by atoms with E-state index >= 15 is 0 Å². The van der Waals surface area contributed by atoms with E-state index in [1.54, 1.807) is 6.92 Å². The van der Waals surface area contributed by atoms with Gasteiger partial charge in [0.25, 0.3) is 0 Å². The smallest absolute Gasteiger partial charge is 0.333 e. The summed E-state index contributed by atoms with van der Waals surface area (Å²) >= 11 is 0. The van der Waals surface area contributed by atoms with Crippen LogP contribution in [-0.4, -0.2) is 25.2 Å². The monoisotopic (exact) mass is 280 g/mol. The third-order valence-electron chi connectivity index (χ3n) is 3.27. The van der Waals surface area contributed by atoms with E-state index in [9.17, 15) is 9.59 Å². The first-order valence-electron chi connectivity index (χ1n) is 7.18. The molecule has 1 aliphatic rings. The van der Waals surface area contributed by atoms with Gasteiger partial charge >= 0.3 is 11.9 Å². The second kappa shape index (κ2) is 8.56. The molecule has 0 radical (unpaired) electrons. The second-order valence-electron chi connectivity index (χ2n) is 5.34. The van der Waals surface area contributed by atoms with E-state index in [0.717, 1.165) is 12.8 Å². The molecule has 0 aromatic heterocycles. The predicted molar refractivity (Wildman–Crippen MR) is 77.0 cm³/mol. The third kappa shape index (κ3) is 6.04. The third-order valence-corrected chi connectivity index (χ3v) is 3.27. The zero-order valence-electron chi connectivity index (χ0n) is 12.4. The van der Waals surface area contributed by atoms with E-state index in [1.165, 1.54) is 0 Å². The van der Waals surface area contributed by atoms with Gasteiger partial charge in [0.1, 0.15) is 0 Å². The highest BCUT2D eigenvalue weighted by Crippen LogP contribution is 2.22. The lowest BCUT2D eigenvalue weighted by atomic mass is 9.90. The van der Waals surface area contributed by atoms with Crippen molar-refractivity contribution in [2.75, 3.05) is 13.2 Å². The van der Waals surface area contributed by atoms with Crippen LogP contribution in [0.5, 0.6) is 0 Å². The van der Waals surface area contributed by atoms with Crippen molar-refractivity contribution in [2.24, 2.45) is 11.8 Å². The van der Waals surface area contributed by atoms with Crippen LogP contribution in [0.25, 0.3) is 0 Å². The molecular formula is C16H24O4. The van der Waals surface area contributed by atoms with Crippen LogP contribution in [0.2, 0.25) is 0 Å². The summed E-state index contributed by atoms with van der Waals surface area (Å²) in [5.74, 6) is -0.0509. The maximum atomic E-state index is 11.8. The number of carbonyl (C=O) groups excluding carboxylic acids is 2. The second-order valence-corrected chi connectivity index (χ2v) is 5.34. The number of rotatable bonds is 7. The highest BCUT2D eigenvalue weighted by molar-refractivity contribution is 5.86. The molecule has 0 aliphatic heterocycles. The van der Waals surface area contributed by atoms with Crippen LogP contribution in [0.4, 0.5) is 0 Å². The molecule has 2 atom stereocenters. The summed E-state index contributed by atoms with van der Waals surface area (Å²) in [6, 6.07) is 0. The molecule has 0 saturated carbocycles. The Hall–Kier alpha value is -1.58. The Morgan fingerprint density at radius 1 is 1.15 bits per heavy atom. The first-order valence-corrected chi connectivity index (χ1v) is 7.18. The average Bonchev–Trinajstić information content (AvgIpc) is 2.42.